The van der Waals surface area contributed by atoms with Crippen LogP contribution in [0.3, 0.4) is 0 Å². The maximum atomic E-state index is 5.85. The first-order valence-electron chi connectivity index (χ1n) is 7.11. The van der Waals surface area contributed by atoms with Crippen LogP contribution in [0.4, 0.5) is 11.6 Å². The lowest BCUT2D eigenvalue weighted by Gasteiger charge is -2.34. The molecule has 106 valence electrons. The number of rotatable bonds is 4. The van der Waals surface area contributed by atoms with Crippen LogP contribution in [-0.4, -0.2) is 48.6 Å². The Labute approximate surface area is 115 Å². The van der Waals surface area contributed by atoms with E-state index in [0.29, 0.717) is 5.82 Å². The number of piperidine rings is 1. The fourth-order valence-corrected chi connectivity index (χ4v) is 2.68. The molecule has 2 N–H and O–H groups in total. The topological polar surface area (TPSA) is 58.3 Å². The van der Waals surface area contributed by atoms with Gasteiger partial charge in [0.2, 0.25) is 0 Å². The lowest BCUT2D eigenvalue weighted by Crippen LogP contribution is -2.37. The highest BCUT2D eigenvalue weighted by atomic mass is 15.2. The minimum atomic E-state index is 0.581. The van der Waals surface area contributed by atoms with Gasteiger partial charge < -0.3 is 15.5 Å². The molecule has 0 aliphatic carbocycles. The van der Waals surface area contributed by atoms with E-state index in [-0.39, 0.29) is 0 Å². The molecule has 0 unspecified atom stereocenters. The summed E-state index contributed by atoms with van der Waals surface area (Å²) >= 11 is 0. The van der Waals surface area contributed by atoms with Crippen LogP contribution in [0.15, 0.2) is 6.07 Å². The lowest BCUT2D eigenvalue weighted by molar-refractivity contribution is 0.284. The Kier molecular flexibility index (Phi) is 4.58. The SMILES string of the molecule is CCc1nc(N)cc(N2CCC(CN(C)C)CC2)n1. The Bertz CT molecular complexity index is 410. The van der Waals surface area contributed by atoms with Crippen LogP contribution in [0.5, 0.6) is 0 Å². The smallest absolute Gasteiger partial charge is 0.134 e. The van der Waals surface area contributed by atoms with Gasteiger partial charge in [-0.3, -0.25) is 0 Å². The average molecular weight is 263 g/mol. The van der Waals surface area contributed by atoms with Gasteiger partial charge in [-0.15, -0.1) is 0 Å². The number of hydrogen-bond acceptors (Lipinski definition) is 5. The van der Waals surface area contributed by atoms with Crippen LogP contribution < -0.4 is 10.6 Å². The third kappa shape index (κ3) is 3.80. The van der Waals surface area contributed by atoms with Crippen molar-refractivity contribution in [3.05, 3.63) is 11.9 Å². The highest BCUT2D eigenvalue weighted by molar-refractivity contribution is 5.47. The first-order valence-corrected chi connectivity index (χ1v) is 7.11. The van der Waals surface area contributed by atoms with Crippen molar-refractivity contribution >= 4 is 11.6 Å². The largest absolute Gasteiger partial charge is 0.384 e. The fourth-order valence-electron chi connectivity index (χ4n) is 2.68. The molecule has 0 atom stereocenters. The molecule has 2 heterocycles. The number of hydrogen-bond donors (Lipinski definition) is 1. The number of anilines is 2. The average Bonchev–Trinajstić information content (AvgIpc) is 2.38. The van der Waals surface area contributed by atoms with Gasteiger partial charge in [-0.2, -0.15) is 0 Å². The fraction of sp³-hybridized carbons (Fsp3) is 0.714. The van der Waals surface area contributed by atoms with Gasteiger partial charge in [0.15, 0.2) is 0 Å². The summed E-state index contributed by atoms with van der Waals surface area (Å²) in [5.41, 5.74) is 5.85. The third-order valence-electron chi connectivity index (χ3n) is 3.66. The minimum Gasteiger partial charge on any atom is -0.384 e. The number of aryl methyl sites for hydroxylation is 1. The van der Waals surface area contributed by atoms with Gasteiger partial charge >= 0.3 is 0 Å². The molecule has 0 spiro atoms. The quantitative estimate of drug-likeness (QED) is 0.890. The van der Waals surface area contributed by atoms with E-state index < -0.39 is 0 Å². The van der Waals surface area contributed by atoms with E-state index >= 15 is 0 Å². The number of nitrogen functional groups attached to an aromatic ring is 1. The van der Waals surface area contributed by atoms with Gasteiger partial charge in [-0.25, -0.2) is 9.97 Å². The van der Waals surface area contributed by atoms with Crippen molar-refractivity contribution in [2.24, 2.45) is 5.92 Å². The highest BCUT2D eigenvalue weighted by Gasteiger charge is 2.21. The van der Waals surface area contributed by atoms with Crippen molar-refractivity contribution in [1.82, 2.24) is 14.9 Å². The van der Waals surface area contributed by atoms with Crippen molar-refractivity contribution in [2.45, 2.75) is 26.2 Å². The predicted molar refractivity (Wildman–Crippen MR) is 79.3 cm³/mol. The summed E-state index contributed by atoms with van der Waals surface area (Å²) < 4.78 is 0. The van der Waals surface area contributed by atoms with Gasteiger partial charge in [0.25, 0.3) is 0 Å². The number of nitrogens with zero attached hydrogens (tertiary/aromatic N) is 4. The summed E-state index contributed by atoms with van der Waals surface area (Å²) in [6.07, 6.45) is 3.28. The van der Waals surface area contributed by atoms with Crippen LogP contribution in [0.2, 0.25) is 0 Å². The van der Waals surface area contributed by atoms with Crippen molar-refractivity contribution in [3.8, 4) is 0 Å². The molecular formula is C14H25N5. The van der Waals surface area contributed by atoms with E-state index in [9.17, 15) is 0 Å². The van der Waals surface area contributed by atoms with Gasteiger partial charge in [0.1, 0.15) is 17.5 Å². The molecule has 1 aliphatic rings. The normalized spacial score (nSPS) is 17.2. The second kappa shape index (κ2) is 6.19. The standard InChI is InChI=1S/C14H25N5/c1-4-13-16-12(15)9-14(17-13)19-7-5-11(6-8-19)10-18(2)3/h9,11H,4-8,10H2,1-3H3,(H2,15,16,17). The van der Waals surface area contributed by atoms with E-state index in [1.807, 2.05) is 6.07 Å². The van der Waals surface area contributed by atoms with Gasteiger partial charge in [-0.1, -0.05) is 6.92 Å². The summed E-state index contributed by atoms with van der Waals surface area (Å²) in [6.45, 7) is 5.37. The van der Waals surface area contributed by atoms with E-state index in [0.717, 1.165) is 37.1 Å². The maximum Gasteiger partial charge on any atom is 0.134 e. The second-order valence-corrected chi connectivity index (χ2v) is 5.61. The molecule has 1 aromatic rings. The zero-order valence-electron chi connectivity index (χ0n) is 12.3. The van der Waals surface area contributed by atoms with Crippen molar-refractivity contribution in [1.29, 1.82) is 0 Å². The molecule has 19 heavy (non-hydrogen) atoms. The van der Waals surface area contributed by atoms with Gasteiger partial charge in [0, 0.05) is 32.1 Å². The van der Waals surface area contributed by atoms with E-state index in [1.165, 1.54) is 19.4 Å². The summed E-state index contributed by atoms with van der Waals surface area (Å²) in [5.74, 6) is 3.21. The van der Waals surface area contributed by atoms with E-state index in [1.54, 1.807) is 0 Å². The molecule has 1 saturated heterocycles. The minimum absolute atomic E-state index is 0.581. The molecule has 5 heteroatoms. The Balaban J connectivity index is 1.99. The van der Waals surface area contributed by atoms with Crippen molar-refractivity contribution in [3.63, 3.8) is 0 Å². The first-order chi connectivity index (χ1) is 9.08. The second-order valence-electron chi connectivity index (χ2n) is 5.61. The Morgan fingerprint density at radius 2 is 2.00 bits per heavy atom. The molecule has 2 rings (SSSR count). The zero-order chi connectivity index (χ0) is 13.8. The number of aromatic nitrogens is 2. The molecule has 1 aliphatic heterocycles. The molecule has 1 aromatic heterocycles. The Morgan fingerprint density at radius 1 is 1.32 bits per heavy atom. The monoisotopic (exact) mass is 263 g/mol. The molecular weight excluding hydrogens is 238 g/mol. The van der Waals surface area contributed by atoms with Crippen LogP contribution in [0.25, 0.3) is 0 Å². The van der Waals surface area contributed by atoms with Crippen molar-refractivity contribution in [2.75, 3.05) is 44.4 Å². The summed E-state index contributed by atoms with van der Waals surface area (Å²) in [7, 11) is 4.29. The Morgan fingerprint density at radius 3 is 2.58 bits per heavy atom. The molecule has 0 aromatic carbocycles. The lowest BCUT2D eigenvalue weighted by atomic mass is 9.96. The zero-order valence-corrected chi connectivity index (χ0v) is 12.3. The summed E-state index contributed by atoms with van der Waals surface area (Å²) in [6, 6.07) is 1.89. The first kappa shape index (κ1) is 14.1. The highest BCUT2D eigenvalue weighted by Crippen LogP contribution is 2.23. The van der Waals surface area contributed by atoms with Crippen LogP contribution in [-0.2, 0) is 6.42 Å². The van der Waals surface area contributed by atoms with Gasteiger partial charge in [-0.05, 0) is 32.9 Å². The summed E-state index contributed by atoms with van der Waals surface area (Å²) in [4.78, 5) is 13.4. The molecule has 0 radical (unpaired) electrons. The summed E-state index contributed by atoms with van der Waals surface area (Å²) in [5, 5.41) is 0. The Hall–Kier alpha value is -1.36. The van der Waals surface area contributed by atoms with Crippen LogP contribution in [0, 0.1) is 5.92 Å². The van der Waals surface area contributed by atoms with Crippen molar-refractivity contribution < 1.29 is 0 Å². The van der Waals surface area contributed by atoms with Crippen LogP contribution >= 0.6 is 0 Å². The predicted octanol–water partition coefficient (Wildman–Crippen LogP) is 1.40. The molecule has 0 bridgehead atoms. The molecule has 0 amide bonds. The van der Waals surface area contributed by atoms with Crippen LogP contribution in [0.1, 0.15) is 25.6 Å². The third-order valence-corrected chi connectivity index (χ3v) is 3.66. The number of nitrogens with two attached hydrogens (primary N) is 1. The van der Waals surface area contributed by atoms with E-state index in [4.69, 9.17) is 5.73 Å². The van der Waals surface area contributed by atoms with E-state index in [2.05, 4.69) is 40.8 Å². The molecule has 5 nitrogen and oxygen atoms in total. The maximum absolute atomic E-state index is 5.85. The molecule has 0 saturated carbocycles. The van der Waals surface area contributed by atoms with Gasteiger partial charge in [0.05, 0.1) is 0 Å². The molecule has 1 fully saturated rings.